The minimum Gasteiger partial charge on any atom is -0.402 e. The Morgan fingerprint density at radius 3 is 2.72 bits per heavy atom. The summed E-state index contributed by atoms with van der Waals surface area (Å²) in [7, 11) is 1.66. The fraction of sp³-hybridized carbons (Fsp3) is 0.367. The Labute approximate surface area is 231 Å². The van der Waals surface area contributed by atoms with Crippen LogP contribution in [0.2, 0.25) is 0 Å². The topological polar surface area (TPSA) is 127 Å². The number of hydrogen-bond acceptors (Lipinski definition) is 6. The number of carbonyl (C=O) groups excluding carboxylic acids is 1. The van der Waals surface area contributed by atoms with Gasteiger partial charge >= 0.3 is 0 Å². The van der Waals surface area contributed by atoms with Crippen LogP contribution in [-0.4, -0.2) is 28.0 Å². The average molecular weight is 544 g/mol. The van der Waals surface area contributed by atoms with E-state index in [0.29, 0.717) is 35.0 Å². The van der Waals surface area contributed by atoms with Crippen molar-refractivity contribution in [2.45, 2.75) is 51.6 Å². The summed E-state index contributed by atoms with van der Waals surface area (Å²) < 4.78 is 1.46. The molecule has 1 aliphatic heterocycles. The number of aliphatic hydroxyl groups excluding tert-OH is 1. The summed E-state index contributed by atoms with van der Waals surface area (Å²) in [5, 5.41) is 10.5. The summed E-state index contributed by atoms with van der Waals surface area (Å²) in [6, 6.07) is 7.34. The van der Waals surface area contributed by atoms with Gasteiger partial charge in [-0.2, -0.15) is 0 Å². The molecular formula is C30H33N5O3S. The number of carbonyl (C=O) groups is 1. The van der Waals surface area contributed by atoms with E-state index < -0.39 is 0 Å². The van der Waals surface area contributed by atoms with Crippen molar-refractivity contribution in [3.63, 3.8) is 0 Å². The number of aromatic nitrogens is 1. The first-order valence-electron chi connectivity index (χ1n) is 13.6. The van der Waals surface area contributed by atoms with Gasteiger partial charge in [0.25, 0.3) is 11.5 Å². The number of amides is 1. The first kappa shape index (κ1) is 25.6. The maximum absolute atomic E-state index is 13.7. The fourth-order valence-electron chi connectivity index (χ4n) is 5.81. The molecule has 202 valence electrons. The van der Waals surface area contributed by atoms with E-state index >= 15 is 0 Å². The van der Waals surface area contributed by atoms with Gasteiger partial charge in [-0.25, -0.2) is 4.99 Å². The lowest BCUT2D eigenvalue weighted by Gasteiger charge is -2.30. The quantitative estimate of drug-likeness (QED) is 0.321. The monoisotopic (exact) mass is 543 g/mol. The minimum absolute atomic E-state index is 0.000984. The molecule has 3 aliphatic rings. The van der Waals surface area contributed by atoms with Gasteiger partial charge in [-0.15, -0.1) is 11.3 Å². The molecule has 0 unspecified atom stereocenters. The molecule has 0 atom stereocenters. The van der Waals surface area contributed by atoms with E-state index in [1.54, 1.807) is 41.6 Å². The number of aliphatic imine (C=N–C) groups is 1. The molecule has 0 spiro atoms. The number of anilines is 1. The third kappa shape index (κ3) is 4.70. The highest BCUT2D eigenvalue weighted by molar-refractivity contribution is 7.14. The number of fused-ring (bicyclic) bond motifs is 3. The van der Waals surface area contributed by atoms with Crippen molar-refractivity contribution in [3.05, 3.63) is 79.0 Å². The molecule has 2 aliphatic carbocycles. The number of nitrogens with two attached hydrogens (primary N) is 2. The Hall–Kier alpha value is -3.69. The van der Waals surface area contributed by atoms with Gasteiger partial charge in [0.2, 0.25) is 0 Å². The van der Waals surface area contributed by atoms with Crippen LogP contribution < -0.4 is 21.9 Å². The average Bonchev–Trinajstić information content (AvgIpc) is 3.72. The second-order valence-electron chi connectivity index (χ2n) is 10.7. The Morgan fingerprint density at radius 2 is 1.95 bits per heavy atom. The molecule has 3 aromatic rings. The number of benzene rings is 1. The molecule has 0 radical (unpaired) electrons. The van der Waals surface area contributed by atoms with E-state index in [4.69, 9.17) is 11.5 Å². The maximum Gasteiger partial charge on any atom is 0.276 e. The first-order valence-corrected chi connectivity index (χ1v) is 14.4. The van der Waals surface area contributed by atoms with Gasteiger partial charge in [-0.05, 0) is 85.8 Å². The molecule has 6 rings (SSSR count). The van der Waals surface area contributed by atoms with E-state index in [1.807, 2.05) is 18.2 Å². The highest BCUT2D eigenvalue weighted by atomic mass is 32.1. The second-order valence-corrected chi connectivity index (χ2v) is 11.8. The molecule has 8 nitrogen and oxygen atoms in total. The third-order valence-corrected chi connectivity index (χ3v) is 9.32. The van der Waals surface area contributed by atoms with Crippen LogP contribution in [-0.2, 0) is 32.9 Å². The van der Waals surface area contributed by atoms with Crippen LogP contribution in [0.1, 0.15) is 56.9 Å². The number of aliphatic hydroxyl groups is 1. The van der Waals surface area contributed by atoms with Crippen LogP contribution in [0.5, 0.6) is 0 Å². The second kappa shape index (κ2) is 10.1. The normalized spacial score (nSPS) is 17.8. The third-order valence-electron chi connectivity index (χ3n) is 7.99. The lowest BCUT2D eigenvalue weighted by atomic mass is 9.91. The van der Waals surface area contributed by atoms with E-state index in [-0.39, 0.29) is 29.6 Å². The van der Waals surface area contributed by atoms with E-state index in [9.17, 15) is 14.7 Å². The van der Waals surface area contributed by atoms with Crippen LogP contribution in [0.15, 0.2) is 52.0 Å². The van der Waals surface area contributed by atoms with Crippen LogP contribution in [0.3, 0.4) is 0 Å². The number of hydrogen-bond donors (Lipinski definition) is 3. The number of nitrogens with zero attached hydrogens (tertiary/aromatic N) is 3. The summed E-state index contributed by atoms with van der Waals surface area (Å²) in [4.78, 5) is 35.0. The van der Waals surface area contributed by atoms with Gasteiger partial charge < -0.3 is 26.0 Å². The van der Waals surface area contributed by atoms with Crippen molar-refractivity contribution in [2.24, 2.45) is 29.4 Å². The van der Waals surface area contributed by atoms with Crippen molar-refractivity contribution < 1.29 is 9.90 Å². The van der Waals surface area contributed by atoms with E-state index in [0.717, 1.165) is 42.5 Å². The summed E-state index contributed by atoms with van der Waals surface area (Å²) in [5.41, 5.74) is 18.1. The van der Waals surface area contributed by atoms with E-state index in [2.05, 4.69) is 4.99 Å². The maximum atomic E-state index is 13.7. The lowest BCUT2D eigenvalue weighted by molar-refractivity contribution is 0.0984. The standard InChI is InChI=1S/C30H33N5O3S/c1-34-15-18(13-24(29(34)37)33-27(32)14-23(31)17-9-10-17)19-6-4-7-25(22(19)16-36)35-12-11-21-20-5-2-3-8-26(20)39-28(21)30(35)38/h4,6-7,13-15,17,36H,2-3,5,8-12,16,31H2,1H3,(H2,32,33). The van der Waals surface area contributed by atoms with Crippen molar-refractivity contribution in [1.82, 2.24) is 4.57 Å². The molecule has 5 N–H and O–H groups in total. The predicted molar refractivity (Wildman–Crippen MR) is 156 cm³/mol. The Morgan fingerprint density at radius 1 is 1.15 bits per heavy atom. The van der Waals surface area contributed by atoms with Crippen molar-refractivity contribution in [1.29, 1.82) is 0 Å². The Bertz CT molecular complexity index is 1590. The van der Waals surface area contributed by atoms with Crippen LogP contribution >= 0.6 is 11.3 Å². The smallest absolute Gasteiger partial charge is 0.276 e. The predicted octanol–water partition coefficient (Wildman–Crippen LogP) is 3.93. The van der Waals surface area contributed by atoms with Gasteiger partial charge in [0.15, 0.2) is 0 Å². The van der Waals surface area contributed by atoms with Gasteiger partial charge in [-0.1, -0.05) is 12.1 Å². The zero-order chi connectivity index (χ0) is 27.3. The molecule has 2 aromatic heterocycles. The van der Waals surface area contributed by atoms with Crippen LogP contribution in [0, 0.1) is 5.92 Å². The SMILES string of the molecule is Cn1cc(-c2cccc(N3CCc4c(sc5c4CCCC5)C3=O)c2CO)cc(N=C(N)C=C(N)C2CC2)c1=O. The zero-order valence-electron chi connectivity index (χ0n) is 22.1. The largest absolute Gasteiger partial charge is 0.402 e. The molecule has 9 heteroatoms. The van der Waals surface area contributed by atoms with Gasteiger partial charge in [0, 0.05) is 41.5 Å². The molecule has 1 amide bonds. The molecule has 39 heavy (non-hydrogen) atoms. The van der Waals surface area contributed by atoms with Crippen molar-refractivity contribution >= 4 is 34.5 Å². The number of rotatable bonds is 6. The van der Waals surface area contributed by atoms with Crippen molar-refractivity contribution in [2.75, 3.05) is 11.4 Å². The zero-order valence-corrected chi connectivity index (χ0v) is 22.9. The number of thiophene rings is 1. The van der Waals surface area contributed by atoms with Gasteiger partial charge in [0.1, 0.15) is 11.5 Å². The van der Waals surface area contributed by atoms with Crippen LogP contribution in [0.4, 0.5) is 11.4 Å². The number of amidine groups is 1. The van der Waals surface area contributed by atoms with Gasteiger partial charge in [0.05, 0.1) is 17.2 Å². The number of allylic oxidation sites excluding steroid dienone is 1. The van der Waals surface area contributed by atoms with Gasteiger partial charge in [-0.3, -0.25) is 9.59 Å². The van der Waals surface area contributed by atoms with Crippen LogP contribution in [0.25, 0.3) is 11.1 Å². The highest BCUT2D eigenvalue weighted by Gasteiger charge is 2.33. The minimum atomic E-state index is -0.290. The highest BCUT2D eigenvalue weighted by Crippen LogP contribution is 2.40. The number of pyridine rings is 1. The summed E-state index contributed by atoms with van der Waals surface area (Å²) in [6.07, 6.45) is 10.7. The first-order chi connectivity index (χ1) is 18.9. The molecular weight excluding hydrogens is 510 g/mol. The summed E-state index contributed by atoms with van der Waals surface area (Å²) in [5.74, 6) is 0.523. The summed E-state index contributed by atoms with van der Waals surface area (Å²) >= 11 is 1.65. The summed E-state index contributed by atoms with van der Waals surface area (Å²) in [6.45, 7) is 0.312. The Kier molecular flexibility index (Phi) is 6.64. The molecule has 0 saturated heterocycles. The van der Waals surface area contributed by atoms with E-state index in [1.165, 1.54) is 33.4 Å². The molecule has 3 heterocycles. The molecule has 1 fully saturated rings. The Balaban J connectivity index is 1.38. The number of aryl methyl sites for hydroxylation is 2. The van der Waals surface area contributed by atoms with Crippen molar-refractivity contribution in [3.8, 4) is 11.1 Å². The molecule has 0 bridgehead atoms. The molecule has 1 aromatic carbocycles. The molecule has 1 saturated carbocycles. The fourth-order valence-corrected chi connectivity index (χ4v) is 7.20. The lowest BCUT2D eigenvalue weighted by Crippen LogP contribution is -2.37.